The Balaban J connectivity index is 2.35. The number of nitrogens with zero attached hydrogens (tertiary/aromatic N) is 2. The molecular formula is C13H21N2O2+. The van der Waals surface area contributed by atoms with Crippen LogP contribution < -0.4 is 0 Å². The van der Waals surface area contributed by atoms with Crippen molar-refractivity contribution in [1.29, 1.82) is 0 Å². The van der Waals surface area contributed by atoms with Gasteiger partial charge in [-0.1, -0.05) is 12.1 Å². The summed E-state index contributed by atoms with van der Waals surface area (Å²) >= 11 is 0. The SMILES string of the molecule is C[N+](C)(C)CCCCc1ccc([N+](=O)[O-])cc1. The van der Waals surface area contributed by atoms with Crippen LogP contribution in [0.3, 0.4) is 0 Å². The molecule has 0 amide bonds. The molecule has 0 spiro atoms. The van der Waals surface area contributed by atoms with E-state index in [1.165, 1.54) is 12.0 Å². The van der Waals surface area contributed by atoms with Gasteiger partial charge >= 0.3 is 0 Å². The molecule has 4 nitrogen and oxygen atoms in total. The Morgan fingerprint density at radius 2 is 1.71 bits per heavy atom. The zero-order valence-electron chi connectivity index (χ0n) is 10.8. The molecule has 0 aromatic heterocycles. The van der Waals surface area contributed by atoms with Crippen molar-refractivity contribution in [2.45, 2.75) is 19.3 Å². The van der Waals surface area contributed by atoms with Gasteiger partial charge < -0.3 is 4.48 Å². The summed E-state index contributed by atoms with van der Waals surface area (Å²) in [5.41, 5.74) is 1.34. The molecular weight excluding hydrogens is 216 g/mol. The van der Waals surface area contributed by atoms with Crippen LogP contribution in [0.1, 0.15) is 18.4 Å². The molecule has 1 rings (SSSR count). The molecule has 0 fully saturated rings. The maximum atomic E-state index is 10.5. The number of aryl methyl sites for hydroxylation is 1. The average Bonchev–Trinajstić information content (AvgIpc) is 2.24. The summed E-state index contributed by atoms with van der Waals surface area (Å²) in [4.78, 5) is 10.1. The highest BCUT2D eigenvalue weighted by Gasteiger charge is 2.06. The van der Waals surface area contributed by atoms with Gasteiger partial charge in [-0.25, -0.2) is 0 Å². The minimum atomic E-state index is -0.360. The zero-order chi connectivity index (χ0) is 12.9. The number of hydrogen-bond acceptors (Lipinski definition) is 2. The Kier molecular flexibility index (Phi) is 4.63. The van der Waals surface area contributed by atoms with E-state index >= 15 is 0 Å². The maximum absolute atomic E-state index is 10.5. The minimum absolute atomic E-state index is 0.167. The highest BCUT2D eigenvalue weighted by molar-refractivity contribution is 5.32. The van der Waals surface area contributed by atoms with Crippen LogP contribution in [0.15, 0.2) is 24.3 Å². The number of unbranched alkanes of at least 4 members (excludes halogenated alkanes) is 1. The molecule has 17 heavy (non-hydrogen) atoms. The Bertz CT molecular complexity index is 366. The van der Waals surface area contributed by atoms with E-state index in [1.54, 1.807) is 12.1 Å². The molecule has 0 unspecified atom stereocenters. The van der Waals surface area contributed by atoms with Crippen LogP contribution in [0, 0.1) is 10.1 Å². The topological polar surface area (TPSA) is 43.1 Å². The smallest absolute Gasteiger partial charge is 0.269 e. The van der Waals surface area contributed by atoms with Crippen molar-refractivity contribution < 1.29 is 9.41 Å². The van der Waals surface area contributed by atoms with Crippen molar-refractivity contribution in [3.05, 3.63) is 39.9 Å². The van der Waals surface area contributed by atoms with Crippen LogP contribution in [0.2, 0.25) is 0 Å². The zero-order valence-corrected chi connectivity index (χ0v) is 10.8. The highest BCUT2D eigenvalue weighted by atomic mass is 16.6. The second kappa shape index (κ2) is 5.77. The number of benzene rings is 1. The molecule has 0 atom stereocenters. The number of hydrogen-bond donors (Lipinski definition) is 0. The fourth-order valence-electron chi connectivity index (χ4n) is 1.70. The lowest BCUT2D eigenvalue weighted by Gasteiger charge is -2.23. The van der Waals surface area contributed by atoms with Crippen LogP contribution in [0.25, 0.3) is 0 Å². The molecule has 0 aliphatic carbocycles. The highest BCUT2D eigenvalue weighted by Crippen LogP contribution is 2.13. The second-order valence-corrected chi connectivity index (χ2v) is 5.39. The van der Waals surface area contributed by atoms with Gasteiger partial charge in [-0.3, -0.25) is 10.1 Å². The van der Waals surface area contributed by atoms with Gasteiger partial charge in [0.05, 0.1) is 32.6 Å². The van der Waals surface area contributed by atoms with Gasteiger partial charge in [0, 0.05) is 12.1 Å². The second-order valence-electron chi connectivity index (χ2n) is 5.39. The monoisotopic (exact) mass is 237 g/mol. The van der Waals surface area contributed by atoms with E-state index in [4.69, 9.17) is 0 Å². The largest absolute Gasteiger partial charge is 0.331 e. The third-order valence-corrected chi connectivity index (χ3v) is 2.69. The molecule has 0 aliphatic heterocycles. The molecule has 0 saturated heterocycles. The first-order chi connectivity index (χ1) is 7.88. The number of non-ortho nitro benzene ring substituents is 1. The number of rotatable bonds is 6. The molecule has 0 heterocycles. The van der Waals surface area contributed by atoms with Crippen molar-refractivity contribution in [1.82, 2.24) is 0 Å². The maximum Gasteiger partial charge on any atom is 0.269 e. The molecule has 0 aliphatic rings. The van der Waals surface area contributed by atoms with Crippen LogP contribution in [-0.4, -0.2) is 37.1 Å². The Hall–Kier alpha value is -1.42. The molecule has 1 aromatic rings. The van der Waals surface area contributed by atoms with Gasteiger partial charge in [-0.05, 0) is 24.8 Å². The lowest BCUT2D eigenvalue weighted by Crippen LogP contribution is -2.35. The Morgan fingerprint density at radius 3 is 2.18 bits per heavy atom. The van der Waals surface area contributed by atoms with E-state index in [-0.39, 0.29) is 10.6 Å². The van der Waals surface area contributed by atoms with Crippen LogP contribution in [0.4, 0.5) is 5.69 Å². The van der Waals surface area contributed by atoms with Crippen molar-refractivity contribution in [3.63, 3.8) is 0 Å². The van der Waals surface area contributed by atoms with Crippen molar-refractivity contribution in [2.75, 3.05) is 27.7 Å². The van der Waals surface area contributed by atoms with Gasteiger partial charge in [0.1, 0.15) is 0 Å². The summed E-state index contributed by atoms with van der Waals surface area (Å²) in [5, 5.41) is 10.5. The molecule has 1 aromatic carbocycles. The molecule has 0 saturated carbocycles. The summed E-state index contributed by atoms with van der Waals surface area (Å²) in [6.45, 7) is 1.16. The lowest BCUT2D eigenvalue weighted by atomic mass is 10.1. The summed E-state index contributed by atoms with van der Waals surface area (Å²) in [6.07, 6.45) is 3.31. The third-order valence-electron chi connectivity index (χ3n) is 2.69. The molecule has 0 N–H and O–H groups in total. The quantitative estimate of drug-likeness (QED) is 0.330. The fraction of sp³-hybridized carbons (Fsp3) is 0.538. The van der Waals surface area contributed by atoms with Gasteiger partial charge in [0.15, 0.2) is 0 Å². The first-order valence-electron chi connectivity index (χ1n) is 5.92. The summed E-state index contributed by atoms with van der Waals surface area (Å²) in [6, 6.07) is 6.86. The van der Waals surface area contributed by atoms with E-state index in [0.29, 0.717) is 0 Å². The normalized spacial score (nSPS) is 11.5. The molecule has 94 valence electrons. The predicted octanol–water partition coefficient (Wildman–Crippen LogP) is 2.62. The van der Waals surface area contributed by atoms with Crippen LogP contribution >= 0.6 is 0 Å². The van der Waals surface area contributed by atoms with Gasteiger partial charge in [-0.15, -0.1) is 0 Å². The van der Waals surface area contributed by atoms with Crippen LogP contribution in [0.5, 0.6) is 0 Å². The minimum Gasteiger partial charge on any atom is -0.331 e. The summed E-state index contributed by atoms with van der Waals surface area (Å²) in [7, 11) is 6.56. The predicted molar refractivity (Wildman–Crippen MR) is 68.9 cm³/mol. The summed E-state index contributed by atoms with van der Waals surface area (Å²) < 4.78 is 0.986. The standard InChI is InChI=1S/C13H21N2O2/c1-15(2,3)11-5-4-6-12-7-9-13(10-8-12)14(16)17/h7-10H,4-6,11H2,1-3H3/q+1. The molecule has 4 heteroatoms. The number of nitro groups is 1. The third kappa shape index (κ3) is 5.45. The van der Waals surface area contributed by atoms with Gasteiger partial charge in [0.2, 0.25) is 0 Å². The van der Waals surface area contributed by atoms with E-state index in [2.05, 4.69) is 21.1 Å². The van der Waals surface area contributed by atoms with E-state index in [0.717, 1.165) is 23.9 Å². The lowest BCUT2D eigenvalue weighted by molar-refractivity contribution is -0.870. The van der Waals surface area contributed by atoms with Crippen molar-refractivity contribution in [2.24, 2.45) is 0 Å². The van der Waals surface area contributed by atoms with E-state index in [9.17, 15) is 10.1 Å². The number of nitro benzene ring substituents is 1. The van der Waals surface area contributed by atoms with Crippen molar-refractivity contribution >= 4 is 5.69 Å². The van der Waals surface area contributed by atoms with E-state index in [1.807, 2.05) is 12.1 Å². The fourth-order valence-corrected chi connectivity index (χ4v) is 1.70. The first kappa shape index (κ1) is 13.6. The average molecular weight is 237 g/mol. The van der Waals surface area contributed by atoms with Crippen molar-refractivity contribution in [3.8, 4) is 0 Å². The van der Waals surface area contributed by atoms with Gasteiger partial charge in [-0.2, -0.15) is 0 Å². The molecule has 0 bridgehead atoms. The van der Waals surface area contributed by atoms with Crippen LogP contribution in [-0.2, 0) is 6.42 Å². The molecule has 0 radical (unpaired) electrons. The Morgan fingerprint density at radius 1 is 1.12 bits per heavy atom. The summed E-state index contributed by atoms with van der Waals surface area (Å²) in [5.74, 6) is 0. The number of quaternary nitrogens is 1. The van der Waals surface area contributed by atoms with Gasteiger partial charge in [0.25, 0.3) is 5.69 Å². The Labute approximate surface area is 103 Å². The van der Waals surface area contributed by atoms with E-state index < -0.39 is 0 Å². The first-order valence-corrected chi connectivity index (χ1v) is 5.92.